The van der Waals surface area contributed by atoms with Gasteiger partial charge in [-0.15, -0.1) is 11.3 Å². The van der Waals surface area contributed by atoms with Gasteiger partial charge in [0.2, 0.25) is 5.91 Å². The van der Waals surface area contributed by atoms with Gasteiger partial charge >= 0.3 is 0 Å². The number of benzene rings is 1. The first-order valence-electron chi connectivity index (χ1n) is 8.16. The Morgan fingerprint density at radius 2 is 2.15 bits per heavy atom. The van der Waals surface area contributed by atoms with E-state index in [4.69, 9.17) is 0 Å². The van der Waals surface area contributed by atoms with E-state index < -0.39 is 10.8 Å². The van der Waals surface area contributed by atoms with E-state index in [1.165, 1.54) is 40.5 Å². The smallest absolute Gasteiger partial charge is 0.270 e. The molecule has 0 aliphatic rings. The molecule has 0 spiro atoms. The number of anilines is 1. The molecule has 0 unspecified atom stereocenters. The van der Waals surface area contributed by atoms with E-state index in [-0.39, 0.29) is 23.7 Å². The summed E-state index contributed by atoms with van der Waals surface area (Å²) in [6.45, 7) is 4.11. The number of hydrogen-bond donors (Lipinski definition) is 1. The molecule has 1 aromatic heterocycles. The lowest BCUT2D eigenvalue weighted by Crippen LogP contribution is -2.38. The molecule has 1 heterocycles. The van der Waals surface area contributed by atoms with Crippen molar-refractivity contribution in [2.24, 2.45) is 0 Å². The van der Waals surface area contributed by atoms with Gasteiger partial charge in [0.15, 0.2) is 5.13 Å². The maximum absolute atomic E-state index is 12.7. The van der Waals surface area contributed by atoms with Crippen LogP contribution in [0.25, 0.3) is 0 Å². The summed E-state index contributed by atoms with van der Waals surface area (Å²) in [4.78, 5) is 41.8. The maximum Gasteiger partial charge on any atom is 0.270 e. The van der Waals surface area contributed by atoms with E-state index >= 15 is 0 Å². The number of hydrogen-bond acceptors (Lipinski definition) is 6. The van der Waals surface area contributed by atoms with Crippen molar-refractivity contribution in [3.05, 3.63) is 51.0 Å². The molecule has 2 rings (SSSR count). The Bertz CT molecular complexity index is 806. The summed E-state index contributed by atoms with van der Waals surface area (Å²) < 4.78 is 0. The second-order valence-electron chi connectivity index (χ2n) is 5.71. The van der Waals surface area contributed by atoms with Crippen molar-refractivity contribution in [2.75, 3.05) is 18.4 Å². The van der Waals surface area contributed by atoms with Crippen LogP contribution in [0.4, 0.5) is 10.8 Å². The van der Waals surface area contributed by atoms with E-state index in [9.17, 15) is 19.7 Å². The molecular weight excluding hydrogens is 356 g/mol. The van der Waals surface area contributed by atoms with Crippen molar-refractivity contribution in [1.82, 2.24) is 9.88 Å². The van der Waals surface area contributed by atoms with Crippen molar-refractivity contribution >= 4 is 34.0 Å². The number of carbonyl (C=O) groups excluding carboxylic acids is 2. The number of rotatable bonds is 8. The Hall–Kier alpha value is -2.81. The van der Waals surface area contributed by atoms with Crippen LogP contribution in [0.3, 0.4) is 0 Å². The summed E-state index contributed by atoms with van der Waals surface area (Å²) >= 11 is 1.35. The Kier molecular flexibility index (Phi) is 6.79. The average molecular weight is 376 g/mol. The standard InChI is InChI=1S/C17H20N4O4S/c1-3-4-8-20(11-15(22)19-17-18-10-12(2)26-17)16(23)13-6-5-7-14(9-13)21(24)25/h5-7,9-10H,3-4,8,11H2,1-2H3,(H,18,19,22). The fraction of sp³-hybridized carbons (Fsp3) is 0.353. The van der Waals surface area contributed by atoms with Gasteiger partial charge in [-0.05, 0) is 19.4 Å². The quantitative estimate of drug-likeness (QED) is 0.562. The van der Waals surface area contributed by atoms with Crippen molar-refractivity contribution in [3.63, 3.8) is 0 Å². The summed E-state index contributed by atoms with van der Waals surface area (Å²) in [7, 11) is 0. The van der Waals surface area contributed by atoms with E-state index in [1.54, 1.807) is 6.20 Å². The van der Waals surface area contributed by atoms with E-state index in [2.05, 4.69) is 10.3 Å². The number of nitrogens with one attached hydrogen (secondary N) is 1. The predicted molar refractivity (Wildman–Crippen MR) is 99.4 cm³/mol. The molecule has 0 aliphatic heterocycles. The highest BCUT2D eigenvalue weighted by Crippen LogP contribution is 2.17. The van der Waals surface area contributed by atoms with Crippen molar-refractivity contribution < 1.29 is 14.5 Å². The minimum absolute atomic E-state index is 0.139. The number of unbranched alkanes of at least 4 members (excludes halogenated alkanes) is 1. The molecule has 1 aromatic carbocycles. The van der Waals surface area contributed by atoms with Crippen LogP contribution < -0.4 is 5.32 Å². The molecule has 8 nitrogen and oxygen atoms in total. The van der Waals surface area contributed by atoms with Crippen LogP contribution in [0.1, 0.15) is 35.0 Å². The first kappa shape index (κ1) is 19.5. The molecule has 0 radical (unpaired) electrons. The topological polar surface area (TPSA) is 105 Å². The number of carbonyl (C=O) groups is 2. The highest BCUT2D eigenvalue weighted by Gasteiger charge is 2.20. The molecule has 1 N–H and O–H groups in total. The Morgan fingerprint density at radius 3 is 2.77 bits per heavy atom. The fourth-order valence-electron chi connectivity index (χ4n) is 2.28. The monoisotopic (exact) mass is 376 g/mol. The number of thiazole rings is 1. The largest absolute Gasteiger partial charge is 0.329 e. The lowest BCUT2D eigenvalue weighted by molar-refractivity contribution is -0.384. The van der Waals surface area contributed by atoms with Crippen LogP contribution in [0.5, 0.6) is 0 Å². The van der Waals surface area contributed by atoms with Gasteiger partial charge in [-0.25, -0.2) is 4.98 Å². The third-order valence-corrected chi connectivity index (χ3v) is 4.40. The Labute approximate surface area is 155 Å². The maximum atomic E-state index is 12.7. The second kappa shape index (κ2) is 9.04. The molecule has 26 heavy (non-hydrogen) atoms. The van der Waals surface area contributed by atoms with Gasteiger partial charge in [0, 0.05) is 35.3 Å². The molecular formula is C17H20N4O4S. The van der Waals surface area contributed by atoms with Crippen LogP contribution in [0.15, 0.2) is 30.5 Å². The van der Waals surface area contributed by atoms with Gasteiger partial charge < -0.3 is 10.2 Å². The van der Waals surface area contributed by atoms with Gasteiger partial charge in [0.25, 0.3) is 11.6 Å². The lowest BCUT2D eigenvalue weighted by Gasteiger charge is -2.21. The van der Waals surface area contributed by atoms with E-state index in [1.807, 2.05) is 13.8 Å². The number of nitro benzene ring substituents is 1. The van der Waals surface area contributed by atoms with Crippen LogP contribution >= 0.6 is 11.3 Å². The molecule has 0 aliphatic carbocycles. The normalized spacial score (nSPS) is 10.4. The Balaban J connectivity index is 2.12. The van der Waals surface area contributed by atoms with Crippen molar-refractivity contribution in [3.8, 4) is 0 Å². The Morgan fingerprint density at radius 1 is 1.38 bits per heavy atom. The average Bonchev–Trinajstić information content (AvgIpc) is 3.02. The number of aryl methyl sites for hydroxylation is 1. The van der Waals surface area contributed by atoms with Gasteiger partial charge in [0.1, 0.15) is 6.54 Å². The molecule has 0 fully saturated rings. The van der Waals surface area contributed by atoms with Gasteiger partial charge in [-0.3, -0.25) is 19.7 Å². The SMILES string of the molecule is CCCCN(CC(=O)Nc1ncc(C)s1)C(=O)c1cccc([N+](=O)[O-])c1. The van der Waals surface area contributed by atoms with Gasteiger partial charge in [-0.1, -0.05) is 19.4 Å². The summed E-state index contributed by atoms with van der Waals surface area (Å²) in [6.07, 6.45) is 3.24. The number of nitro groups is 1. The van der Waals surface area contributed by atoms with E-state index in [0.717, 1.165) is 17.7 Å². The zero-order valence-electron chi connectivity index (χ0n) is 14.6. The van der Waals surface area contributed by atoms with Gasteiger partial charge in [0.05, 0.1) is 4.92 Å². The van der Waals surface area contributed by atoms with Crippen LogP contribution in [0.2, 0.25) is 0 Å². The molecule has 138 valence electrons. The summed E-state index contributed by atoms with van der Waals surface area (Å²) in [5.74, 6) is -0.762. The predicted octanol–water partition coefficient (Wildman–Crippen LogP) is 3.24. The summed E-state index contributed by atoms with van der Waals surface area (Å²) in [5, 5.41) is 14.1. The second-order valence-corrected chi connectivity index (χ2v) is 6.95. The fourth-order valence-corrected chi connectivity index (χ4v) is 2.96. The van der Waals surface area contributed by atoms with Crippen LogP contribution in [-0.4, -0.2) is 39.7 Å². The molecule has 9 heteroatoms. The van der Waals surface area contributed by atoms with Crippen LogP contribution in [0, 0.1) is 17.0 Å². The molecule has 2 aromatic rings. The molecule has 2 amide bonds. The highest BCUT2D eigenvalue weighted by atomic mass is 32.1. The number of aromatic nitrogens is 1. The number of nitrogens with zero attached hydrogens (tertiary/aromatic N) is 3. The third-order valence-electron chi connectivity index (χ3n) is 3.57. The molecule has 0 atom stereocenters. The molecule has 0 saturated heterocycles. The van der Waals surface area contributed by atoms with E-state index in [0.29, 0.717) is 11.7 Å². The lowest BCUT2D eigenvalue weighted by atomic mass is 10.1. The third kappa shape index (κ3) is 5.35. The summed E-state index contributed by atoms with van der Waals surface area (Å²) in [5.41, 5.74) is 0.0298. The first-order valence-corrected chi connectivity index (χ1v) is 8.98. The van der Waals surface area contributed by atoms with Crippen LogP contribution in [-0.2, 0) is 4.79 Å². The zero-order chi connectivity index (χ0) is 19.1. The molecule has 0 saturated carbocycles. The summed E-state index contributed by atoms with van der Waals surface area (Å²) in [6, 6.07) is 5.52. The minimum atomic E-state index is -0.551. The molecule has 0 bridgehead atoms. The van der Waals surface area contributed by atoms with Crippen molar-refractivity contribution in [2.45, 2.75) is 26.7 Å². The zero-order valence-corrected chi connectivity index (χ0v) is 15.4. The first-order chi connectivity index (χ1) is 12.4. The minimum Gasteiger partial charge on any atom is -0.329 e. The number of amides is 2. The number of non-ortho nitro benzene ring substituents is 1. The highest BCUT2D eigenvalue weighted by molar-refractivity contribution is 7.15. The van der Waals surface area contributed by atoms with Crippen molar-refractivity contribution in [1.29, 1.82) is 0 Å². The van der Waals surface area contributed by atoms with Gasteiger partial charge in [-0.2, -0.15) is 0 Å².